The summed E-state index contributed by atoms with van der Waals surface area (Å²) >= 11 is 0. The zero-order valence-electron chi connectivity index (χ0n) is 20.1. The van der Waals surface area contributed by atoms with Crippen LogP contribution in [0.15, 0.2) is 0 Å². The van der Waals surface area contributed by atoms with Crippen molar-refractivity contribution in [1.29, 1.82) is 0 Å². The van der Waals surface area contributed by atoms with E-state index in [-0.39, 0.29) is 35.8 Å². The summed E-state index contributed by atoms with van der Waals surface area (Å²) in [4.78, 5) is 32.0. The maximum Gasteiger partial charge on any atom is 3.00 e. The van der Waals surface area contributed by atoms with E-state index in [2.05, 4.69) is 13.6 Å². The Labute approximate surface area is 200 Å². The van der Waals surface area contributed by atoms with Crippen molar-refractivity contribution in [1.82, 2.24) is 0 Å². The first-order valence-electron chi connectivity index (χ1n) is 10.7. The molecule has 0 heterocycles. The van der Waals surface area contributed by atoms with E-state index in [9.17, 15) is 28.4 Å². The molecule has 0 spiro atoms. The Kier molecular flexibility index (Phi) is 30.5. The Balaban J connectivity index is -0.000000174. The molecule has 0 radical (unpaired) electrons. The summed E-state index contributed by atoms with van der Waals surface area (Å²) in [6.07, 6.45) is 5.60. The second-order valence-corrected chi connectivity index (χ2v) is 12.7. The fourth-order valence-corrected chi connectivity index (χ4v) is 3.09. The number of rotatable bonds is 15. The topological polar surface area (TPSA) is 148 Å². The summed E-state index contributed by atoms with van der Waals surface area (Å²) < 4.78 is 45.9. The van der Waals surface area contributed by atoms with Crippen LogP contribution in [0.25, 0.3) is 0 Å². The predicted octanol–water partition coefficient (Wildman–Crippen LogP) is 3.75. The summed E-state index contributed by atoms with van der Waals surface area (Å²) in [5.41, 5.74) is 0. The monoisotopic (exact) mass is 522 g/mol. The van der Waals surface area contributed by atoms with Crippen molar-refractivity contribution >= 4 is 40.1 Å². The van der Waals surface area contributed by atoms with Crippen molar-refractivity contribution in [3.8, 4) is 0 Å². The molecular weight excluding hydrogens is 480 g/mol. The van der Waals surface area contributed by atoms with Crippen molar-refractivity contribution in [3.05, 3.63) is 0 Å². The molecule has 0 aliphatic rings. The van der Waals surface area contributed by atoms with Crippen LogP contribution in [-0.4, -0.2) is 55.7 Å². The maximum absolute atomic E-state index is 10.7. The second-order valence-electron chi connectivity index (χ2n) is 6.34. The fraction of sp³-hybridized carbons (Fsp3) is 1.00. The van der Waals surface area contributed by atoms with Gasteiger partial charge in [0.25, 0.3) is 0 Å². The van der Waals surface area contributed by atoms with E-state index in [1.807, 2.05) is 20.8 Å². The summed E-state index contributed by atoms with van der Waals surface area (Å²) in [5, 5.41) is 0. The molecule has 0 aromatic rings. The first-order valence-corrected chi connectivity index (χ1v) is 15.9. The minimum Gasteiger partial charge on any atom is -0.779 e. The van der Waals surface area contributed by atoms with E-state index < -0.39 is 22.8 Å². The summed E-state index contributed by atoms with van der Waals surface area (Å²) in [7, 11) is -10.4. The molecule has 0 saturated heterocycles. The Morgan fingerprint density at radius 2 is 0.710 bits per heavy atom. The van der Waals surface area contributed by atoms with Crippen LogP contribution in [0.5, 0.6) is 0 Å². The van der Waals surface area contributed by atoms with Crippen LogP contribution in [0, 0.1) is 0 Å². The summed E-state index contributed by atoms with van der Waals surface area (Å²) in [6, 6.07) is 0. The third-order valence-electron chi connectivity index (χ3n) is 3.52. The van der Waals surface area contributed by atoms with Gasteiger partial charge in [-0.15, -0.1) is 0 Å². The smallest absolute Gasteiger partial charge is 0.779 e. The third kappa shape index (κ3) is 33.2. The number of hydrogen-bond acceptors (Lipinski definition) is 9. The Morgan fingerprint density at radius 1 is 0.516 bits per heavy atom. The standard InChI is InChI=1S/3C6H15O3P.Al/c3*1-3-5-6-9-10(7,8)4-2;/h3*3-6H2,1-2H3,(H,7,8);/q;;;+3/p-3. The first kappa shape index (κ1) is 39.2. The zero-order valence-corrected chi connectivity index (χ0v) is 23.9. The van der Waals surface area contributed by atoms with Gasteiger partial charge < -0.3 is 41.9 Å². The van der Waals surface area contributed by atoms with E-state index in [0.717, 1.165) is 38.5 Å². The van der Waals surface area contributed by atoms with E-state index in [4.69, 9.17) is 0 Å². The van der Waals surface area contributed by atoms with Crippen LogP contribution in [0.4, 0.5) is 0 Å². The van der Waals surface area contributed by atoms with E-state index >= 15 is 0 Å². The fourth-order valence-electron chi connectivity index (χ4n) is 1.32. The van der Waals surface area contributed by atoms with Crippen LogP contribution in [0.3, 0.4) is 0 Å². The van der Waals surface area contributed by atoms with Crippen molar-refractivity contribution in [2.45, 2.75) is 80.1 Å². The molecular formula is C18H42AlO9P3. The molecule has 0 amide bonds. The van der Waals surface area contributed by atoms with Crippen molar-refractivity contribution in [3.63, 3.8) is 0 Å². The van der Waals surface area contributed by atoms with E-state index in [1.54, 1.807) is 20.8 Å². The van der Waals surface area contributed by atoms with Gasteiger partial charge >= 0.3 is 17.4 Å². The minimum absolute atomic E-state index is 0. The SMILES string of the molecule is CCCCOP(=O)([O-])CC.CCCCOP(=O)([O-])CC.CCCCOP(=O)([O-])CC.[Al+3]. The van der Waals surface area contributed by atoms with Gasteiger partial charge in [0.2, 0.25) is 0 Å². The molecule has 186 valence electrons. The van der Waals surface area contributed by atoms with Crippen LogP contribution in [0.2, 0.25) is 0 Å². The van der Waals surface area contributed by atoms with Gasteiger partial charge in [0.1, 0.15) is 22.8 Å². The Hall–Kier alpha value is 0.982. The van der Waals surface area contributed by atoms with Gasteiger partial charge in [0.05, 0.1) is 19.8 Å². The Morgan fingerprint density at radius 3 is 0.839 bits per heavy atom. The zero-order chi connectivity index (χ0) is 24.1. The van der Waals surface area contributed by atoms with E-state index in [1.165, 1.54) is 0 Å². The number of hydrogen-bond donors (Lipinski definition) is 0. The molecule has 0 aromatic carbocycles. The summed E-state index contributed by atoms with van der Waals surface area (Å²) in [5.74, 6) is 0. The second kappa shape index (κ2) is 24.1. The van der Waals surface area contributed by atoms with Gasteiger partial charge in [-0.1, -0.05) is 60.8 Å². The molecule has 0 rings (SSSR count). The average molecular weight is 522 g/mol. The Bertz CT molecular complexity index is 450. The van der Waals surface area contributed by atoms with Gasteiger partial charge in [0, 0.05) is 18.5 Å². The molecule has 0 aromatic heterocycles. The van der Waals surface area contributed by atoms with E-state index in [0.29, 0.717) is 19.8 Å². The molecule has 0 aliphatic carbocycles. The molecule has 31 heavy (non-hydrogen) atoms. The normalized spacial score (nSPS) is 16.2. The first-order chi connectivity index (χ1) is 13.9. The molecule has 13 heteroatoms. The van der Waals surface area contributed by atoms with Crippen LogP contribution < -0.4 is 14.7 Å². The molecule has 3 atom stereocenters. The molecule has 0 aliphatic heterocycles. The minimum atomic E-state index is -3.45. The van der Waals surface area contributed by atoms with Gasteiger partial charge in [-0.3, -0.25) is 0 Å². The van der Waals surface area contributed by atoms with Crippen LogP contribution in [-0.2, 0) is 27.3 Å². The van der Waals surface area contributed by atoms with Gasteiger partial charge in [0.15, 0.2) is 0 Å². The molecule has 0 N–H and O–H groups in total. The van der Waals surface area contributed by atoms with Gasteiger partial charge in [-0.05, 0) is 19.3 Å². The summed E-state index contributed by atoms with van der Waals surface area (Å²) in [6.45, 7) is 11.7. The van der Waals surface area contributed by atoms with Gasteiger partial charge in [-0.25, -0.2) is 0 Å². The maximum atomic E-state index is 10.7. The molecule has 9 nitrogen and oxygen atoms in total. The third-order valence-corrected chi connectivity index (χ3v) is 7.57. The predicted molar refractivity (Wildman–Crippen MR) is 123 cm³/mol. The molecule has 0 fully saturated rings. The van der Waals surface area contributed by atoms with Gasteiger partial charge in [-0.2, -0.15) is 0 Å². The quantitative estimate of drug-likeness (QED) is 0.178. The van der Waals surface area contributed by atoms with Crippen molar-refractivity contribution < 1.29 is 41.9 Å². The number of unbranched alkanes of at least 4 members (excludes halogenated alkanes) is 3. The van der Waals surface area contributed by atoms with Crippen LogP contribution in [0.1, 0.15) is 80.1 Å². The average Bonchev–Trinajstić information content (AvgIpc) is 2.69. The molecule has 3 unspecified atom stereocenters. The molecule has 0 bridgehead atoms. The van der Waals surface area contributed by atoms with Crippen molar-refractivity contribution in [2.24, 2.45) is 0 Å². The van der Waals surface area contributed by atoms with Crippen molar-refractivity contribution in [2.75, 3.05) is 38.3 Å². The molecule has 0 saturated carbocycles. The van der Waals surface area contributed by atoms with Crippen LogP contribution >= 0.6 is 22.8 Å². The largest absolute Gasteiger partial charge is 3.00 e.